The predicted octanol–water partition coefficient (Wildman–Crippen LogP) is 3.38. The second-order valence-electron chi connectivity index (χ2n) is 5.40. The lowest BCUT2D eigenvalue weighted by molar-refractivity contribution is 0.398. The van der Waals surface area contributed by atoms with Gasteiger partial charge in [0.1, 0.15) is 11.5 Å². The highest BCUT2D eigenvalue weighted by Gasteiger charge is 2.27. The van der Waals surface area contributed by atoms with Gasteiger partial charge >= 0.3 is 0 Å². The largest absolute Gasteiger partial charge is 0.496 e. The summed E-state index contributed by atoms with van der Waals surface area (Å²) in [4.78, 5) is 0. The maximum atomic E-state index is 5.48. The molecule has 0 aliphatic heterocycles. The molecule has 1 N–H and O–H groups in total. The number of benzene rings is 2. The van der Waals surface area contributed by atoms with Crippen LogP contribution >= 0.6 is 12.4 Å². The van der Waals surface area contributed by atoms with E-state index in [1.54, 1.807) is 14.2 Å². The Labute approximate surface area is 138 Å². The van der Waals surface area contributed by atoms with Crippen molar-refractivity contribution in [1.29, 1.82) is 0 Å². The van der Waals surface area contributed by atoms with Gasteiger partial charge in [-0.2, -0.15) is 0 Å². The van der Waals surface area contributed by atoms with Gasteiger partial charge in [0, 0.05) is 23.7 Å². The van der Waals surface area contributed by atoms with Crippen LogP contribution in [0.2, 0.25) is 0 Å². The van der Waals surface area contributed by atoms with E-state index < -0.39 is 0 Å². The third-order valence-corrected chi connectivity index (χ3v) is 4.12. The van der Waals surface area contributed by atoms with Gasteiger partial charge in [-0.25, -0.2) is 0 Å². The van der Waals surface area contributed by atoms with Crippen molar-refractivity contribution in [2.45, 2.75) is 25.4 Å². The van der Waals surface area contributed by atoms with Crippen molar-refractivity contribution in [3.05, 3.63) is 59.2 Å². The van der Waals surface area contributed by atoms with E-state index in [9.17, 15) is 0 Å². The van der Waals surface area contributed by atoms with Crippen LogP contribution in [0.5, 0.6) is 11.5 Å². The lowest BCUT2D eigenvalue weighted by Crippen LogP contribution is -2.28. The van der Waals surface area contributed by atoms with E-state index in [-0.39, 0.29) is 12.4 Å². The molecule has 4 heteroatoms. The second-order valence-corrected chi connectivity index (χ2v) is 5.40. The first-order chi connectivity index (χ1) is 10.3. The Morgan fingerprint density at radius 1 is 0.909 bits per heavy atom. The molecule has 0 aromatic heterocycles. The minimum Gasteiger partial charge on any atom is -0.496 e. The summed E-state index contributed by atoms with van der Waals surface area (Å²) < 4.78 is 11.0. The highest BCUT2D eigenvalue weighted by atomic mass is 35.5. The molecule has 0 bridgehead atoms. The topological polar surface area (TPSA) is 30.5 Å². The fourth-order valence-corrected chi connectivity index (χ4v) is 3.05. The van der Waals surface area contributed by atoms with E-state index in [1.165, 1.54) is 16.7 Å². The number of rotatable bonds is 5. The molecule has 2 aromatic rings. The predicted molar refractivity (Wildman–Crippen MR) is 91.3 cm³/mol. The molecule has 2 aromatic carbocycles. The molecule has 3 nitrogen and oxygen atoms in total. The van der Waals surface area contributed by atoms with Crippen molar-refractivity contribution in [2.75, 3.05) is 14.2 Å². The third kappa shape index (κ3) is 3.37. The molecule has 0 radical (unpaired) electrons. The number of fused-ring (bicyclic) bond motifs is 1. The van der Waals surface area contributed by atoms with Gasteiger partial charge in [-0.15, -0.1) is 12.4 Å². The molecule has 1 aliphatic carbocycles. The van der Waals surface area contributed by atoms with Gasteiger partial charge < -0.3 is 14.8 Å². The van der Waals surface area contributed by atoms with Gasteiger partial charge in [-0.3, -0.25) is 0 Å². The first-order valence-corrected chi connectivity index (χ1v) is 7.32. The van der Waals surface area contributed by atoms with Gasteiger partial charge in [0.25, 0.3) is 0 Å². The van der Waals surface area contributed by atoms with Gasteiger partial charge in [-0.05, 0) is 30.5 Å². The van der Waals surface area contributed by atoms with Gasteiger partial charge in [0.05, 0.1) is 14.2 Å². The summed E-state index contributed by atoms with van der Waals surface area (Å²) in [5, 5.41) is 3.64. The summed E-state index contributed by atoms with van der Waals surface area (Å²) in [6, 6.07) is 14.9. The minimum atomic E-state index is 0. The van der Waals surface area contributed by atoms with Crippen LogP contribution in [-0.4, -0.2) is 20.3 Å². The first kappa shape index (κ1) is 16.7. The van der Waals surface area contributed by atoms with E-state index in [0.29, 0.717) is 6.04 Å². The van der Waals surface area contributed by atoms with Gasteiger partial charge in [0.2, 0.25) is 0 Å². The monoisotopic (exact) mass is 319 g/mol. The number of halogens is 1. The smallest absolute Gasteiger partial charge is 0.122 e. The van der Waals surface area contributed by atoms with Gasteiger partial charge in [-0.1, -0.05) is 30.3 Å². The zero-order valence-corrected chi connectivity index (χ0v) is 13.8. The molecule has 0 saturated carbocycles. The zero-order chi connectivity index (χ0) is 14.7. The molecule has 1 aliphatic rings. The fraction of sp³-hybridized carbons (Fsp3) is 0.333. The summed E-state index contributed by atoms with van der Waals surface area (Å²) in [6.07, 6.45) is 1.98. The highest BCUT2D eigenvalue weighted by Crippen LogP contribution is 2.37. The van der Waals surface area contributed by atoms with E-state index in [0.717, 1.165) is 30.9 Å². The number of hydrogen-bond acceptors (Lipinski definition) is 3. The zero-order valence-electron chi connectivity index (χ0n) is 13.0. The van der Waals surface area contributed by atoms with Crippen molar-refractivity contribution in [3.63, 3.8) is 0 Å². The SMILES string of the molecule is COc1ccc(OC)c2c1CC(NCc1ccccc1)C2.Cl. The molecule has 0 saturated heterocycles. The molecule has 118 valence electrons. The van der Waals surface area contributed by atoms with Crippen LogP contribution in [0.25, 0.3) is 0 Å². The Balaban J connectivity index is 0.00000176. The summed E-state index contributed by atoms with van der Waals surface area (Å²) in [5.74, 6) is 1.93. The molecule has 0 spiro atoms. The van der Waals surface area contributed by atoms with Crippen LogP contribution in [0.1, 0.15) is 16.7 Å². The van der Waals surface area contributed by atoms with Crippen molar-refractivity contribution in [1.82, 2.24) is 5.32 Å². The number of ether oxygens (including phenoxy) is 2. The van der Waals surface area contributed by atoms with Crippen molar-refractivity contribution in [3.8, 4) is 11.5 Å². The lowest BCUT2D eigenvalue weighted by Gasteiger charge is -2.12. The summed E-state index contributed by atoms with van der Waals surface area (Å²) in [5.41, 5.74) is 3.87. The molecule has 0 heterocycles. The maximum absolute atomic E-state index is 5.48. The van der Waals surface area contributed by atoms with Crippen LogP contribution in [0.3, 0.4) is 0 Å². The molecule has 0 fully saturated rings. The molecule has 22 heavy (non-hydrogen) atoms. The van der Waals surface area contributed by atoms with Crippen LogP contribution in [-0.2, 0) is 19.4 Å². The lowest BCUT2D eigenvalue weighted by atomic mass is 10.1. The standard InChI is InChI=1S/C18H21NO2.ClH/c1-20-17-8-9-18(21-2)16-11-14(10-15(16)17)19-12-13-6-4-3-5-7-13;/h3-9,14,19H,10-12H2,1-2H3;1H. The Hall–Kier alpha value is -1.71. The van der Waals surface area contributed by atoms with Crippen molar-refractivity contribution < 1.29 is 9.47 Å². The minimum absolute atomic E-state index is 0. The maximum Gasteiger partial charge on any atom is 0.122 e. The van der Waals surface area contributed by atoms with Gasteiger partial charge in [0.15, 0.2) is 0 Å². The Morgan fingerprint density at radius 3 is 1.95 bits per heavy atom. The molecule has 3 rings (SSSR count). The van der Waals surface area contributed by atoms with Crippen LogP contribution in [0, 0.1) is 0 Å². The first-order valence-electron chi connectivity index (χ1n) is 7.32. The summed E-state index contributed by atoms with van der Waals surface area (Å²) >= 11 is 0. The van der Waals surface area contributed by atoms with Crippen LogP contribution in [0.15, 0.2) is 42.5 Å². The van der Waals surface area contributed by atoms with Crippen molar-refractivity contribution >= 4 is 12.4 Å². The van der Waals surface area contributed by atoms with Crippen molar-refractivity contribution in [2.24, 2.45) is 0 Å². The average molecular weight is 320 g/mol. The van der Waals surface area contributed by atoms with E-state index >= 15 is 0 Å². The Bertz CT molecular complexity index is 583. The molecular formula is C18H22ClNO2. The van der Waals surface area contributed by atoms with E-state index in [4.69, 9.17) is 9.47 Å². The van der Waals surface area contributed by atoms with E-state index in [1.807, 2.05) is 18.2 Å². The molecule has 0 unspecified atom stereocenters. The number of methoxy groups -OCH3 is 2. The molecule has 0 atom stereocenters. The number of hydrogen-bond donors (Lipinski definition) is 1. The molecular weight excluding hydrogens is 298 g/mol. The number of nitrogens with one attached hydrogen (secondary N) is 1. The highest BCUT2D eigenvalue weighted by molar-refractivity contribution is 5.85. The summed E-state index contributed by atoms with van der Waals surface area (Å²) in [6.45, 7) is 0.893. The van der Waals surface area contributed by atoms with Crippen LogP contribution in [0.4, 0.5) is 0 Å². The summed E-state index contributed by atoms with van der Waals surface area (Å²) in [7, 11) is 3.46. The normalized spacial score (nSPS) is 13.4. The van der Waals surface area contributed by atoms with E-state index in [2.05, 4.69) is 29.6 Å². The van der Waals surface area contributed by atoms with Crippen LogP contribution < -0.4 is 14.8 Å². The molecule has 0 amide bonds. The Morgan fingerprint density at radius 2 is 1.45 bits per heavy atom. The average Bonchev–Trinajstić information content (AvgIpc) is 2.97. The fourth-order valence-electron chi connectivity index (χ4n) is 3.05. The third-order valence-electron chi connectivity index (χ3n) is 4.12. The quantitative estimate of drug-likeness (QED) is 0.916. The Kier molecular flexibility index (Phi) is 5.69. The second kappa shape index (κ2) is 7.52.